The van der Waals surface area contributed by atoms with Crippen molar-refractivity contribution in [1.29, 1.82) is 0 Å². The molecule has 0 radical (unpaired) electrons. The van der Waals surface area contributed by atoms with Gasteiger partial charge in [0.25, 0.3) is 0 Å². The Hall–Kier alpha value is -0.864. The van der Waals surface area contributed by atoms with E-state index in [1.807, 2.05) is 0 Å². The summed E-state index contributed by atoms with van der Waals surface area (Å²) in [5.74, 6) is -1.94. The maximum atomic E-state index is 9.75. The van der Waals surface area contributed by atoms with E-state index >= 15 is 0 Å². The van der Waals surface area contributed by atoms with Gasteiger partial charge in [0.15, 0.2) is 5.82 Å². The molecule has 0 amide bonds. The molecule has 10 N–H and O–H groups in total. The first-order valence-electron chi connectivity index (χ1n) is 1.71. The topological polar surface area (TPSA) is 263 Å². The summed E-state index contributed by atoms with van der Waals surface area (Å²) in [5, 5.41) is 31.3. The van der Waals surface area contributed by atoms with E-state index < -0.39 is 11.8 Å². The average molecular weight is 287 g/mol. The fourth-order valence-corrected chi connectivity index (χ4v) is 0.226. The average Bonchev–Trinajstić information content (AvgIpc) is 2.12. The molecule has 0 unspecified atom stereocenters. The molecule has 0 atom stereocenters. The van der Waals surface area contributed by atoms with Crippen LogP contribution >= 0.6 is 0 Å². The van der Waals surface area contributed by atoms with Gasteiger partial charge >= 0.3 is 16.8 Å². The van der Waals surface area contributed by atoms with Gasteiger partial charge in [0, 0.05) is 0 Å². The smallest absolute Gasteiger partial charge is 1.00 e. The Morgan fingerprint density at radius 3 is 1.20 bits per heavy atom. The van der Waals surface area contributed by atoms with E-state index in [2.05, 4.69) is 20.7 Å². The Labute approximate surface area is 103 Å². The first kappa shape index (κ1) is 47.9. The van der Waals surface area contributed by atoms with Crippen molar-refractivity contribution >= 4 is 0 Å². The van der Waals surface area contributed by atoms with Gasteiger partial charge in [-0.25, -0.2) is 0 Å². The van der Waals surface area contributed by atoms with Crippen LogP contribution in [0.25, 0.3) is 30.8 Å². The summed E-state index contributed by atoms with van der Waals surface area (Å²) in [7, 11) is 0. The minimum absolute atomic E-state index is 0. The first-order chi connectivity index (χ1) is 3.80. The summed E-state index contributed by atoms with van der Waals surface area (Å²) < 4.78 is 0. The molecule has 15 heavy (non-hydrogen) atoms. The van der Waals surface area contributed by atoms with Crippen molar-refractivity contribution < 1.29 is 39.4 Å². The zero-order valence-electron chi connectivity index (χ0n) is 7.20. The monoisotopic (exact) mass is 286 g/mol. The number of rotatable bonds is 0. The Balaban J connectivity index is -0.0000000183. The van der Waals surface area contributed by atoms with E-state index in [4.69, 9.17) is 0 Å². The van der Waals surface area contributed by atoms with Gasteiger partial charge in [0.2, 0.25) is 0 Å². The van der Waals surface area contributed by atoms with Gasteiger partial charge in [-0.2, -0.15) is 5.95 Å². The number of nitrogens with two attached hydrogens (primary N) is 5. The van der Waals surface area contributed by atoms with Crippen LogP contribution in [0.1, 0.15) is 0 Å². The molecule has 0 aromatic heterocycles. The third-order valence-electron chi connectivity index (χ3n) is 0.501. The third-order valence-corrected chi connectivity index (χ3v) is 0.501. The quantitative estimate of drug-likeness (QED) is 0.520. The van der Waals surface area contributed by atoms with Gasteiger partial charge in [-0.05, 0) is 10.4 Å². The number of nitrogens with zero attached hydrogens (tertiary/aromatic N) is 4. The Kier molecular flexibility index (Phi) is 74.0. The van der Waals surface area contributed by atoms with E-state index in [1.165, 1.54) is 0 Å². The van der Waals surface area contributed by atoms with Crippen LogP contribution in [0.15, 0.2) is 32.4 Å². The Bertz CT molecular complexity index is 177. The van der Waals surface area contributed by atoms with Gasteiger partial charge in [-0.3, -0.25) is 0 Å². The van der Waals surface area contributed by atoms with Crippen LogP contribution in [0.4, 0.5) is 0 Å². The van der Waals surface area contributed by atoms with Gasteiger partial charge in [-0.1, -0.05) is 0 Å². The zero-order valence-corrected chi connectivity index (χ0v) is 9.00. The fourth-order valence-electron chi connectivity index (χ4n) is 0.226. The van der Waals surface area contributed by atoms with Crippen molar-refractivity contribution in [3.63, 3.8) is 0 Å². The minimum Gasteiger partial charge on any atom is -1.00 e. The second-order valence-corrected chi connectivity index (χ2v) is 0.990. The Morgan fingerprint density at radius 1 is 0.800 bits per heavy atom. The third kappa shape index (κ3) is 15.9. The predicted molar refractivity (Wildman–Crippen MR) is 43.2 cm³/mol. The van der Waals surface area contributed by atoms with Gasteiger partial charge in [0.05, 0.1) is 0 Å². The molecule has 11 nitrogen and oxygen atoms in total. The molecule has 96 valence electrons. The summed E-state index contributed by atoms with van der Waals surface area (Å²) in [4.78, 5) is 0. The van der Waals surface area contributed by atoms with Gasteiger partial charge < -0.3 is 53.4 Å². The van der Waals surface area contributed by atoms with E-state index in [9.17, 15) is 10.2 Å². The van der Waals surface area contributed by atoms with Crippen LogP contribution in [0, 0.1) is 0 Å². The van der Waals surface area contributed by atoms with E-state index in [-0.39, 0.29) is 59.9 Å². The predicted octanol–water partition coefficient (Wildman–Crippen LogP) is -0.746. The summed E-state index contributed by atoms with van der Waals surface area (Å²) in [6.45, 7) is 0. The molecule has 0 saturated heterocycles. The first-order valence-corrected chi connectivity index (χ1v) is 1.71. The number of halogens is 1. The molecule has 0 aromatic carbocycles. The largest absolute Gasteiger partial charge is 3.00 e. The standard InChI is InChI=1S/C2H2N4O2.ClH.Co.5H2N/c7-2(8)1-3-5-6-4-1;;;;;;;/h7-8H;1H;;5*1H2/q;;+3;5*-1/p-3. The molecule has 1 heterocycles. The summed E-state index contributed by atoms with van der Waals surface area (Å²) >= 11 is 0. The van der Waals surface area contributed by atoms with Crippen molar-refractivity contribution in [3.05, 3.63) is 42.5 Å². The maximum absolute atomic E-state index is 9.75. The molecule has 0 aliphatic carbocycles. The van der Waals surface area contributed by atoms with Crippen LogP contribution in [0.5, 0.6) is 0 Å². The molecule has 0 saturated carbocycles. The van der Waals surface area contributed by atoms with Crippen molar-refractivity contribution in [3.8, 4) is 0 Å². The van der Waals surface area contributed by atoms with E-state index in [1.54, 1.807) is 0 Å². The SMILES string of the molecule is [Cl-].[Co+3].[NH2-].[NH2-].[NH2-].[NH2-].[NH2-].[O-]C([O-])=C1N=NN=N1. The van der Waals surface area contributed by atoms with E-state index in [0.29, 0.717) is 0 Å². The molecule has 1 aliphatic rings. The number of hydrogen-bond donors (Lipinski definition) is 0. The number of hydrogen-bond acceptors (Lipinski definition) is 6. The molecule has 0 bridgehead atoms. The van der Waals surface area contributed by atoms with Gasteiger partial charge in [-0.15, -0.1) is 10.2 Å². The molecular formula is C2H10ClCoN9O2-5. The second kappa shape index (κ2) is 23.2. The normalized spacial score (nSPS) is 8.13. The van der Waals surface area contributed by atoms with Crippen molar-refractivity contribution in [1.82, 2.24) is 0 Å². The van der Waals surface area contributed by atoms with E-state index in [0.717, 1.165) is 0 Å². The van der Waals surface area contributed by atoms with Gasteiger partial charge in [0.1, 0.15) is 0 Å². The molecule has 13 heteroatoms. The molecular weight excluding hydrogens is 276 g/mol. The second-order valence-electron chi connectivity index (χ2n) is 0.990. The van der Waals surface area contributed by atoms with Crippen LogP contribution in [-0.2, 0) is 16.8 Å². The maximum Gasteiger partial charge on any atom is 3.00 e. The van der Waals surface area contributed by atoms with Crippen LogP contribution in [0.2, 0.25) is 0 Å². The Morgan fingerprint density at radius 2 is 1.07 bits per heavy atom. The molecule has 1 aliphatic heterocycles. The zero-order chi connectivity index (χ0) is 5.98. The van der Waals surface area contributed by atoms with Crippen LogP contribution < -0.4 is 22.6 Å². The molecule has 0 fully saturated rings. The molecule has 0 spiro atoms. The van der Waals surface area contributed by atoms with Crippen molar-refractivity contribution in [2.45, 2.75) is 0 Å². The van der Waals surface area contributed by atoms with Crippen molar-refractivity contribution in [2.75, 3.05) is 0 Å². The fraction of sp³-hybridized carbons (Fsp3) is 0. The van der Waals surface area contributed by atoms with Crippen LogP contribution in [-0.4, -0.2) is 0 Å². The minimum atomic E-state index is -1.46. The molecule has 0 aromatic rings. The summed E-state index contributed by atoms with van der Waals surface area (Å²) in [6.07, 6.45) is 0. The summed E-state index contributed by atoms with van der Waals surface area (Å²) in [5.41, 5.74) is 0. The van der Waals surface area contributed by atoms with Crippen LogP contribution in [0.3, 0.4) is 0 Å². The summed E-state index contributed by atoms with van der Waals surface area (Å²) in [6, 6.07) is 0. The van der Waals surface area contributed by atoms with Crippen molar-refractivity contribution in [2.24, 2.45) is 20.7 Å². The molecule has 1 rings (SSSR count).